The molecule has 3 aromatic rings. The Bertz CT molecular complexity index is 3460. The summed E-state index contributed by atoms with van der Waals surface area (Å²) >= 11 is 1.47. The minimum atomic E-state index is -1.13. The highest BCUT2D eigenvalue weighted by Gasteiger charge is 2.44. The van der Waals surface area contributed by atoms with Crippen molar-refractivity contribution >= 4 is 88.2 Å². The molecule has 33 heteroatoms. The summed E-state index contributed by atoms with van der Waals surface area (Å²) in [5.41, 5.74) is 7.17. The van der Waals surface area contributed by atoms with E-state index >= 15 is 0 Å². The van der Waals surface area contributed by atoms with Gasteiger partial charge in [-0.2, -0.15) is 0 Å². The van der Waals surface area contributed by atoms with Crippen LogP contribution in [0.25, 0.3) is 0 Å². The van der Waals surface area contributed by atoms with Crippen molar-refractivity contribution in [1.29, 1.82) is 0 Å². The van der Waals surface area contributed by atoms with Crippen molar-refractivity contribution in [2.75, 3.05) is 113 Å². The molecule has 9 N–H and O–H groups in total. The van der Waals surface area contributed by atoms with Crippen LogP contribution in [0.1, 0.15) is 136 Å². The molecule has 13 amide bonds. The van der Waals surface area contributed by atoms with Gasteiger partial charge in [-0.3, -0.25) is 57.7 Å². The second-order valence-electron chi connectivity index (χ2n) is 28.7. The molecule has 1 saturated heterocycles. The van der Waals surface area contributed by atoms with E-state index in [1.165, 1.54) is 30.4 Å². The normalized spacial score (nSPS) is 16.2. The molecule has 2 aliphatic heterocycles. The molecule has 2 aliphatic rings. The Morgan fingerprint density at radius 3 is 1.86 bits per heavy atom. The molecule has 2 aromatic carbocycles. The van der Waals surface area contributed by atoms with Gasteiger partial charge in [-0.25, -0.2) is 14.6 Å². The van der Waals surface area contributed by atoms with E-state index in [1.54, 1.807) is 96.0 Å². The first-order valence-corrected chi connectivity index (χ1v) is 39.1. The number of urea groups is 1. The van der Waals surface area contributed by atoms with Crippen LogP contribution in [0.4, 0.5) is 15.3 Å². The fourth-order valence-electron chi connectivity index (χ4n) is 13.2. The number of carbonyl (C=O) groups is 12. The van der Waals surface area contributed by atoms with Crippen LogP contribution in [0.5, 0.6) is 0 Å². The number of carbonyl (C=O) groups excluding carboxylic acids is 12. The average molecular weight is 1570 g/mol. The highest BCUT2D eigenvalue weighted by atomic mass is 32.1. The van der Waals surface area contributed by atoms with Gasteiger partial charge in [-0.1, -0.05) is 111 Å². The van der Waals surface area contributed by atoms with Crippen molar-refractivity contribution < 1.29 is 90.7 Å². The molecule has 616 valence electrons. The smallest absolute Gasteiger partial charge is 0.410 e. The van der Waals surface area contributed by atoms with Gasteiger partial charge in [0.25, 0.3) is 11.8 Å². The first-order valence-electron chi connectivity index (χ1n) is 38.2. The van der Waals surface area contributed by atoms with Gasteiger partial charge in [-0.05, 0) is 79.0 Å². The predicted octanol–water partition coefficient (Wildman–Crippen LogP) is 4.80. The number of benzene rings is 2. The number of thiazole rings is 1. The van der Waals surface area contributed by atoms with E-state index in [-0.39, 0.29) is 134 Å². The molecule has 3 heterocycles. The van der Waals surface area contributed by atoms with Gasteiger partial charge in [0.2, 0.25) is 47.3 Å². The summed E-state index contributed by atoms with van der Waals surface area (Å²) in [6, 6.07) is 9.74. The maximum absolute atomic E-state index is 14.9. The lowest BCUT2D eigenvalue weighted by molar-refractivity contribution is -0.148. The number of imide groups is 1. The van der Waals surface area contributed by atoms with Gasteiger partial charge in [0.15, 0.2) is 0 Å². The number of likely N-dealkylation sites (tertiary alicyclic amines) is 1. The molecule has 5 rings (SSSR count). The Morgan fingerprint density at radius 1 is 0.658 bits per heavy atom. The Kier molecular flexibility index (Phi) is 40.6. The van der Waals surface area contributed by atoms with Crippen LogP contribution in [-0.2, 0) is 94.1 Å². The second-order valence-corrected chi connectivity index (χ2v) is 29.7. The number of nitrogens with one attached hydrogen (secondary N) is 7. The zero-order valence-electron chi connectivity index (χ0n) is 66.6. The Labute approximate surface area is 656 Å². The quantitative estimate of drug-likeness (QED) is 0.0278. The first kappa shape index (κ1) is 92.6. The summed E-state index contributed by atoms with van der Waals surface area (Å²) in [7, 11) is 6.15. The van der Waals surface area contributed by atoms with Crippen molar-refractivity contribution in [3.05, 3.63) is 94.5 Å². The number of hydrogen-bond acceptors (Lipinski definition) is 21. The third kappa shape index (κ3) is 30.6. The Balaban J connectivity index is 1.08. The van der Waals surface area contributed by atoms with Crippen LogP contribution in [0.2, 0.25) is 0 Å². The minimum Gasteiger partial charge on any atom is -0.445 e. The molecule has 0 aliphatic carbocycles. The molecule has 0 saturated carbocycles. The molecule has 1 aromatic heterocycles. The number of anilines is 1. The number of hydrogen-bond donors (Lipinski definition) is 8. The van der Waals surface area contributed by atoms with Gasteiger partial charge in [0, 0.05) is 96.8 Å². The number of aromatic nitrogens is 1. The zero-order chi connectivity index (χ0) is 81.7. The van der Waals surface area contributed by atoms with E-state index in [4.69, 9.17) is 38.9 Å². The summed E-state index contributed by atoms with van der Waals surface area (Å²) in [6.45, 7) is 18.8. The van der Waals surface area contributed by atoms with Gasteiger partial charge in [-0.15, -0.1) is 11.3 Å². The Morgan fingerprint density at radius 2 is 1.29 bits per heavy atom. The monoisotopic (exact) mass is 1570 g/mol. The largest absolute Gasteiger partial charge is 0.445 e. The average Bonchev–Trinajstić information content (AvgIpc) is 1.44. The molecule has 32 nitrogen and oxygen atoms in total. The van der Waals surface area contributed by atoms with E-state index < -0.39 is 126 Å². The summed E-state index contributed by atoms with van der Waals surface area (Å²) in [5.74, 6) is -6.44. The molecule has 0 spiro atoms. The summed E-state index contributed by atoms with van der Waals surface area (Å²) < 4.78 is 40.0. The first-order chi connectivity index (χ1) is 53.0. The molecule has 1 unspecified atom stereocenters. The van der Waals surface area contributed by atoms with Crippen molar-refractivity contribution in [3.63, 3.8) is 0 Å². The zero-order valence-corrected chi connectivity index (χ0v) is 67.4. The minimum absolute atomic E-state index is 0.00154. The second kappa shape index (κ2) is 48.7. The number of nitrogens with two attached hydrogens (primary N) is 1. The number of nitrogens with zero attached hydrogens (tertiary/aromatic N) is 5. The molecule has 0 bridgehead atoms. The number of amides is 13. The Hall–Kier alpha value is -8.99. The van der Waals surface area contributed by atoms with E-state index in [0.29, 0.717) is 50.1 Å². The molecule has 111 heavy (non-hydrogen) atoms. The topological polar surface area (TPSA) is 406 Å². The third-order valence-corrected chi connectivity index (χ3v) is 20.4. The molecular formula is C78H119N13O19S. The molecule has 11 atom stereocenters. The molecule has 0 radical (unpaired) electrons. The predicted molar refractivity (Wildman–Crippen MR) is 415 cm³/mol. The van der Waals surface area contributed by atoms with Gasteiger partial charge in [0.1, 0.15) is 35.8 Å². The van der Waals surface area contributed by atoms with Crippen LogP contribution >= 0.6 is 11.3 Å². The van der Waals surface area contributed by atoms with Crippen LogP contribution in [0.15, 0.2) is 78.3 Å². The SMILES string of the molecule is CC[C@H](C)[C@@H]([C@@H](CC(=O)N1CCC[C@H]1[C@H](OC)[C@@H](C)C(=O)NC(Cc1ccccc1)c1nccs1)OC)N(C)C(=O)[C@@H](NC(=O)[C@H](C(C)C)N(C)C(=O)OCc1ccc(NC(=O)[C@H](CCCNC(N)=O)NC(=O)[C@@H](NC(=O)CCOCCOCCOCCOCCNC(=O)CCN2C(=O)C=CC2=O)C(C)C)cc1)C(C)C. The van der Waals surface area contributed by atoms with Gasteiger partial charge < -0.3 is 85.9 Å². The van der Waals surface area contributed by atoms with Crippen LogP contribution in [0.3, 0.4) is 0 Å². The van der Waals surface area contributed by atoms with Crippen LogP contribution in [-0.4, -0.2) is 252 Å². The summed E-state index contributed by atoms with van der Waals surface area (Å²) in [6.07, 6.45) is 4.41. The standard InChI is InChI=1S/C78H119N13O19S/c1-14-52(8)69(60(104-12)47-65(96)90-35-19-23-59(90)70(105-13)53(9)71(97)85-58(75-81-34-45-111-75)46-54-20-16-15-17-21-54)88(10)76(101)67(50(4)5)87-74(100)68(51(6)7)89(11)78(103)110-48-55-24-26-56(27-25-55)83-72(98)57(22-18-32-82-77(79)102)84-73(99)66(49(2)3)86-62(93)31-37-106-39-41-108-43-44-109-42-40-107-38-33-80-61(92)30-36-91-63(94)28-29-64(91)95/h15-17,20-21,24-29,34,45,49-53,57-60,66-70H,14,18-19,22-23,30-33,35-44,46-48H2,1-13H3,(H,80,92)(H,83,98)(H,84,99)(H,85,97)(H,86,93)(H,87,100)(H3,79,82,102)/t52-,53+,57-,58?,59-,60+,66-,67-,68-,69-,70+/m0/s1. The van der Waals surface area contributed by atoms with Gasteiger partial charge in [0.05, 0.1) is 95.5 Å². The van der Waals surface area contributed by atoms with E-state index in [2.05, 4.69) is 42.2 Å². The van der Waals surface area contributed by atoms with Gasteiger partial charge >= 0.3 is 12.1 Å². The summed E-state index contributed by atoms with van der Waals surface area (Å²) in [5, 5.41) is 22.3. The number of primary amides is 1. The lowest BCUT2D eigenvalue weighted by atomic mass is 9.89. The third-order valence-electron chi connectivity index (χ3n) is 19.5. The maximum Gasteiger partial charge on any atom is 0.410 e. The number of ether oxygens (including phenoxy) is 7. The van der Waals surface area contributed by atoms with Crippen molar-refractivity contribution in [1.82, 2.24) is 56.5 Å². The lowest BCUT2D eigenvalue weighted by Gasteiger charge is -2.41. The highest BCUT2D eigenvalue weighted by molar-refractivity contribution is 7.09. The molecular weight excluding hydrogens is 1450 g/mol. The molecule has 1 fully saturated rings. The fourth-order valence-corrected chi connectivity index (χ4v) is 13.9. The van der Waals surface area contributed by atoms with E-state index in [9.17, 15) is 57.5 Å². The fraction of sp³-hybridized carbons (Fsp3) is 0.628. The number of likely N-dealkylation sites (N-methyl/N-ethyl adjacent to an activating group) is 2. The van der Waals surface area contributed by atoms with Crippen LogP contribution in [0, 0.1) is 29.6 Å². The van der Waals surface area contributed by atoms with Crippen molar-refractivity contribution in [2.45, 2.75) is 181 Å². The highest BCUT2D eigenvalue weighted by Crippen LogP contribution is 2.31. The van der Waals surface area contributed by atoms with Crippen molar-refractivity contribution in [3.8, 4) is 0 Å². The number of methoxy groups -OCH3 is 2. The lowest BCUT2D eigenvalue weighted by Crippen LogP contribution is -2.60. The maximum atomic E-state index is 14.9. The van der Waals surface area contributed by atoms with E-state index in [0.717, 1.165) is 27.6 Å². The van der Waals surface area contributed by atoms with E-state index in [1.807, 2.05) is 56.5 Å². The summed E-state index contributed by atoms with van der Waals surface area (Å²) in [4.78, 5) is 170. The van der Waals surface area contributed by atoms with Crippen molar-refractivity contribution in [2.24, 2.45) is 35.3 Å². The number of rotatable bonds is 51. The van der Waals surface area contributed by atoms with Crippen LogP contribution < -0.4 is 43.0 Å².